The van der Waals surface area contributed by atoms with Gasteiger partial charge in [-0.15, -0.1) is 0 Å². The van der Waals surface area contributed by atoms with Gasteiger partial charge in [-0.1, -0.05) is 5.16 Å². The monoisotopic (exact) mass is 442 g/mol. The third-order valence-electron chi connectivity index (χ3n) is 3.34. The molecule has 0 aliphatic carbocycles. The van der Waals surface area contributed by atoms with E-state index in [0.29, 0.717) is 24.6 Å². The SMILES string of the molecule is Cc1noc(CCCNS(=O)(=O)c2ccc(S(=O)(=O)NCC(F)(F)F)cc2)n1. The van der Waals surface area contributed by atoms with Crippen LogP contribution in [0, 0.1) is 6.92 Å². The van der Waals surface area contributed by atoms with Crippen molar-refractivity contribution in [1.82, 2.24) is 19.6 Å². The number of halogens is 3. The van der Waals surface area contributed by atoms with E-state index < -0.39 is 37.7 Å². The number of sulfonamides is 2. The molecule has 0 radical (unpaired) electrons. The van der Waals surface area contributed by atoms with Crippen molar-refractivity contribution in [2.45, 2.75) is 35.7 Å². The summed E-state index contributed by atoms with van der Waals surface area (Å²) in [7, 11) is -8.33. The molecule has 9 nitrogen and oxygen atoms in total. The Morgan fingerprint density at radius 1 is 1.00 bits per heavy atom. The van der Waals surface area contributed by atoms with Crippen molar-refractivity contribution in [2.75, 3.05) is 13.1 Å². The fourth-order valence-electron chi connectivity index (χ4n) is 2.03. The minimum absolute atomic E-state index is 0.0664. The normalized spacial score (nSPS) is 13.0. The van der Waals surface area contributed by atoms with Gasteiger partial charge in [0.15, 0.2) is 5.82 Å². The van der Waals surface area contributed by atoms with Crippen molar-refractivity contribution in [3.63, 3.8) is 0 Å². The maximum atomic E-state index is 12.2. The van der Waals surface area contributed by atoms with Gasteiger partial charge in [0.25, 0.3) is 0 Å². The molecule has 14 heteroatoms. The van der Waals surface area contributed by atoms with Gasteiger partial charge in [-0.25, -0.2) is 26.3 Å². The molecule has 28 heavy (non-hydrogen) atoms. The third kappa shape index (κ3) is 6.54. The molecular weight excluding hydrogens is 425 g/mol. The van der Waals surface area contributed by atoms with Crippen molar-refractivity contribution in [3.05, 3.63) is 36.0 Å². The summed E-state index contributed by atoms with van der Waals surface area (Å²) in [5, 5.41) is 3.60. The molecule has 2 rings (SSSR count). The molecule has 1 heterocycles. The van der Waals surface area contributed by atoms with Gasteiger partial charge in [-0.3, -0.25) is 0 Å². The first kappa shape index (κ1) is 22.3. The maximum Gasteiger partial charge on any atom is 0.402 e. The summed E-state index contributed by atoms with van der Waals surface area (Å²) in [6.07, 6.45) is -3.96. The van der Waals surface area contributed by atoms with Crippen LogP contribution in [0.5, 0.6) is 0 Å². The molecule has 0 spiro atoms. The largest absolute Gasteiger partial charge is 0.402 e. The molecular formula is C14H17F3N4O5S2. The fraction of sp³-hybridized carbons (Fsp3) is 0.429. The Hall–Kier alpha value is -2.03. The van der Waals surface area contributed by atoms with E-state index in [1.165, 1.54) is 4.72 Å². The summed E-state index contributed by atoms with van der Waals surface area (Å²) >= 11 is 0. The smallest absolute Gasteiger partial charge is 0.339 e. The molecule has 0 fully saturated rings. The summed E-state index contributed by atoms with van der Waals surface area (Å²) in [6.45, 7) is -0.00826. The van der Waals surface area contributed by atoms with Crippen molar-refractivity contribution < 1.29 is 34.5 Å². The second-order valence-corrected chi connectivity index (χ2v) is 9.18. The summed E-state index contributed by atoms with van der Waals surface area (Å²) in [6, 6.07) is 3.81. The van der Waals surface area contributed by atoms with Crippen molar-refractivity contribution in [3.8, 4) is 0 Å². The lowest BCUT2D eigenvalue weighted by atomic mass is 10.3. The van der Waals surface area contributed by atoms with Crippen LogP contribution in [-0.2, 0) is 26.5 Å². The van der Waals surface area contributed by atoms with Crippen LogP contribution in [0.2, 0.25) is 0 Å². The van der Waals surface area contributed by atoms with E-state index in [2.05, 4.69) is 14.9 Å². The van der Waals surface area contributed by atoms with Crippen LogP contribution in [0.25, 0.3) is 0 Å². The molecule has 0 saturated heterocycles. The van der Waals surface area contributed by atoms with Crippen LogP contribution < -0.4 is 9.44 Å². The van der Waals surface area contributed by atoms with E-state index in [0.717, 1.165) is 24.3 Å². The Kier molecular flexibility index (Phi) is 6.80. The maximum absolute atomic E-state index is 12.2. The number of aromatic nitrogens is 2. The highest BCUT2D eigenvalue weighted by Crippen LogP contribution is 2.17. The molecule has 0 amide bonds. The zero-order chi connectivity index (χ0) is 21.0. The van der Waals surface area contributed by atoms with E-state index in [-0.39, 0.29) is 11.4 Å². The zero-order valence-corrected chi connectivity index (χ0v) is 16.2. The molecule has 0 saturated carbocycles. The minimum Gasteiger partial charge on any atom is -0.339 e. The summed E-state index contributed by atoms with van der Waals surface area (Å²) in [5.74, 6) is 0.841. The average Bonchev–Trinajstić information content (AvgIpc) is 3.02. The molecule has 0 aliphatic rings. The first-order valence-electron chi connectivity index (χ1n) is 7.84. The second kappa shape index (κ2) is 8.55. The first-order chi connectivity index (χ1) is 12.9. The zero-order valence-electron chi connectivity index (χ0n) is 14.5. The number of hydrogen-bond acceptors (Lipinski definition) is 7. The van der Waals surface area contributed by atoms with Gasteiger partial charge in [0.05, 0.1) is 9.79 Å². The Bertz CT molecular complexity index is 1000. The van der Waals surface area contributed by atoms with Crippen LogP contribution in [0.1, 0.15) is 18.1 Å². The summed E-state index contributed by atoms with van der Waals surface area (Å²) in [5.41, 5.74) is 0. The topological polar surface area (TPSA) is 131 Å². The number of alkyl halides is 3. The van der Waals surface area contributed by atoms with Crippen LogP contribution in [0.3, 0.4) is 0 Å². The third-order valence-corrected chi connectivity index (χ3v) is 6.23. The standard InChI is InChI=1S/C14H17F3N4O5S2/c1-10-20-13(26-21-10)3-2-8-18-27(22,23)11-4-6-12(7-5-11)28(24,25)19-9-14(15,16)17/h4-7,18-19H,2-3,8-9H2,1H3. The van der Waals surface area contributed by atoms with Gasteiger partial charge in [0.1, 0.15) is 6.54 Å². The van der Waals surface area contributed by atoms with E-state index in [1.807, 2.05) is 0 Å². The van der Waals surface area contributed by atoms with E-state index in [1.54, 1.807) is 6.92 Å². The predicted molar refractivity (Wildman–Crippen MR) is 90.2 cm³/mol. The van der Waals surface area contributed by atoms with E-state index in [9.17, 15) is 30.0 Å². The van der Waals surface area contributed by atoms with Crippen molar-refractivity contribution in [2.24, 2.45) is 0 Å². The Morgan fingerprint density at radius 3 is 2.00 bits per heavy atom. The summed E-state index contributed by atoms with van der Waals surface area (Å²) < 4.78 is 93.0. The Balaban J connectivity index is 1.95. The lowest BCUT2D eigenvalue weighted by Crippen LogP contribution is -2.33. The number of aryl methyl sites for hydroxylation is 2. The molecule has 0 aliphatic heterocycles. The quantitative estimate of drug-likeness (QED) is 0.557. The Morgan fingerprint density at radius 2 is 1.54 bits per heavy atom. The van der Waals surface area contributed by atoms with Crippen molar-refractivity contribution >= 4 is 20.0 Å². The number of nitrogens with zero attached hydrogens (tertiary/aromatic N) is 2. The average molecular weight is 442 g/mol. The van der Waals surface area contributed by atoms with E-state index >= 15 is 0 Å². The summed E-state index contributed by atoms with van der Waals surface area (Å²) in [4.78, 5) is 3.27. The first-order valence-corrected chi connectivity index (χ1v) is 10.8. The van der Waals surface area contributed by atoms with Gasteiger partial charge in [-0.2, -0.15) is 18.2 Å². The highest BCUT2D eigenvalue weighted by molar-refractivity contribution is 7.90. The van der Waals surface area contributed by atoms with Gasteiger partial charge in [-0.05, 0) is 37.6 Å². The van der Waals surface area contributed by atoms with Gasteiger partial charge in [0, 0.05) is 13.0 Å². The lowest BCUT2D eigenvalue weighted by Gasteiger charge is -2.10. The van der Waals surface area contributed by atoms with Gasteiger partial charge >= 0.3 is 6.18 Å². The van der Waals surface area contributed by atoms with Crippen LogP contribution in [0.4, 0.5) is 13.2 Å². The highest BCUT2D eigenvalue weighted by Gasteiger charge is 2.30. The van der Waals surface area contributed by atoms with Crippen molar-refractivity contribution in [1.29, 1.82) is 0 Å². The molecule has 0 unspecified atom stereocenters. The van der Waals surface area contributed by atoms with Crippen LogP contribution in [-0.4, -0.2) is 46.2 Å². The fourth-order valence-corrected chi connectivity index (χ4v) is 4.12. The van der Waals surface area contributed by atoms with E-state index in [4.69, 9.17) is 4.52 Å². The number of rotatable bonds is 9. The number of benzene rings is 1. The molecule has 1 aromatic heterocycles. The van der Waals surface area contributed by atoms with Gasteiger partial charge in [0.2, 0.25) is 25.9 Å². The molecule has 156 valence electrons. The molecule has 0 bridgehead atoms. The lowest BCUT2D eigenvalue weighted by molar-refractivity contribution is -0.121. The van der Waals surface area contributed by atoms with Crippen LogP contribution >= 0.6 is 0 Å². The van der Waals surface area contributed by atoms with Crippen LogP contribution in [0.15, 0.2) is 38.6 Å². The number of nitrogens with one attached hydrogen (secondary N) is 2. The minimum atomic E-state index is -4.71. The molecule has 2 aromatic rings. The van der Waals surface area contributed by atoms with Gasteiger partial charge < -0.3 is 4.52 Å². The second-order valence-electron chi connectivity index (χ2n) is 5.65. The predicted octanol–water partition coefficient (Wildman–Crippen LogP) is 1.13. The molecule has 2 N–H and O–H groups in total. The molecule has 0 atom stereocenters. The molecule has 1 aromatic carbocycles. The highest BCUT2D eigenvalue weighted by atomic mass is 32.2. The number of hydrogen-bond donors (Lipinski definition) is 2. The Labute approximate surface area is 159 Å².